The highest BCUT2D eigenvalue weighted by molar-refractivity contribution is 6.72. The molecule has 0 atom stereocenters. The predicted octanol–water partition coefficient (Wildman–Crippen LogP) is 2.71. The fraction of sp³-hybridized carbons (Fsp3) is 0.900. The third-order valence-corrected chi connectivity index (χ3v) is 3.88. The first-order valence-corrected chi connectivity index (χ1v) is 8.16. The van der Waals surface area contributed by atoms with Gasteiger partial charge in [-0.3, -0.25) is 4.66 Å². The van der Waals surface area contributed by atoms with Gasteiger partial charge in [0.25, 0.3) is 0 Å². The second-order valence-electron chi connectivity index (χ2n) is 4.68. The Hall–Kier alpha value is -0.353. The van der Waals surface area contributed by atoms with Crippen molar-refractivity contribution in [2.24, 2.45) is 4.66 Å². The Morgan fingerprint density at radius 3 is 2.50 bits per heavy atom. The maximum Gasteiger partial charge on any atom is 0.318 e. The van der Waals surface area contributed by atoms with Crippen molar-refractivity contribution < 1.29 is 9.16 Å². The number of hydrogen-bond acceptors (Lipinski definition) is 3. The fourth-order valence-corrected chi connectivity index (χ4v) is 3.79. The Kier molecular flexibility index (Phi) is 3.37. The van der Waals surface area contributed by atoms with Gasteiger partial charge in [-0.15, -0.1) is 0 Å². The van der Waals surface area contributed by atoms with Crippen LogP contribution in [0.15, 0.2) is 4.66 Å². The third-order valence-electron chi connectivity index (χ3n) is 2.13. The highest BCUT2D eigenvalue weighted by Gasteiger charge is 2.43. The van der Waals surface area contributed by atoms with Gasteiger partial charge in [0.05, 0.1) is 6.61 Å². The molecule has 0 saturated carbocycles. The normalized spacial score (nSPS) is 23.4. The van der Waals surface area contributed by atoms with Crippen molar-refractivity contribution in [1.29, 1.82) is 0 Å². The van der Waals surface area contributed by atoms with Crippen LogP contribution in [0, 0.1) is 0 Å². The van der Waals surface area contributed by atoms with Crippen LogP contribution in [-0.4, -0.2) is 26.6 Å². The third kappa shape index (κ3) is 2.82. The highest BCUT2D eigenvalue weighted by Crippen LogP contribution is 2.28. The Bertz CT molecular complexity index is 236. The summed E-state index contributed by atoms with van der Waals surface area (Å²) >= 11 is 0. The van der Waals surface area contributed by atoms with E-state index in [1.165, 1.54) is 0 Å². The Morgan fingerprint density at radius 1 is 1.43 bits per heavy atom. The van der Waals surface area contributed by atoms with Crippen LogP contribution in [0.5, 0.6) is 0 Å². The molecule has 0 amide bonds. The molecule has 0 fully saturated rings. The van der Waals surface area contributed by atoms with Crippen LogP contribution in [0.25, 0.3) is 0 Å². The lowest BCUT2D eigenvalue weighted by molar-refractivity contribution is 0.145. The van der Waals surface area contributed by atoms with E-state index in [1.54, 1.807) is 0 Å². The molecule has 0 saturated heterocycles. The van der Waals surface area contributed by atoms with E-state index in [1.807, 2.05) is 13.8 Å². The quantitative estimate of drug-likeness (QED) is 0.535. The second-order valence-corrected chi connectivity index (χ2v) is 8.00. The highest BCUT2D eigenvalue weighted by atomic mass is 28.4. The van der Waals surface area contributed by atoms with Gasteiger partial charge in [0.15, 0.2) is 0 Å². The van der Waals surface area contributed by atoms with E-state index in [4.69, 9.17) is 9.16 Å². The van der Waals surface area contributed by atoms with Crippen LogP contribution in [0.4, 0.5) is 0 Å². The summed E-state index contributed by atoms with van der Waals surface area (Å²) in [5.41, 5.74) is -0.316. The molecule has 82 valence electrons. The van der Waals surface area contributed by atoms with E-state index in [0.29, 0.717) is 0 Å². The van der Waals surface area contributed by atoms with E-state index in [9.17, 15) is 0 Å². The molecule has 4 heteroatoms. The van der Waals surface area contributed by atoms with E-state index < -0.39 is 8.48 Å². The van der Waals surface area contributed by atoms with Gasteiger partial charge >= 0.3 is 8.48 Å². The first-order chi connectivity index (χ1) is 6.37. The minimum absolute atomic E-state index is 0.316. The van der Waals surface area contributed by atoms with Gasteiger partial charge < -0.3 is 9.16 Å². The molecule has 0 aromatic heterocycles. The molecule has 0 spiro atoms. The summed E-state index contributed by atoms with van der Waals surface area (Å²) < 4.78 is 16.1. The molecular weight excluding hydrogens is 194 g/mol. The number of rotatable bonds is 3. The fourth-order valence-electron chi connectivity index (χ4n) is 1.59. The zero-order valence-electron chi connectivity index (χ0n) is 9.89. The molecule has 1 heterocycles. The summed E-state index contributed by atoms with van der Waals surface area (Å²) in [6.45, 7) is 11.1. The van der Waals surface area contributed by atoms with Crippen molar-refractivity contribution in [2.45, 2.75) is 52.3 Å². The maximum atomic E-state index is 5.89. The van der Waals surface area contributed by atoms with Gasteiger partial charge in [0.2, 0.25) is 5.90 Å². The average Bonchev–Trinajstić information content (AvgIpc) is 2.20. The minimum atomic E-state index is -1.84. The van der Waals surface area contributed by atoms with Crippen LogP contribution < -0.4 is 0 Å². The average molecular weight is 215 g/mol. The van der Waals surface area contributed by atoms with Crippen molar-refractivity contribution in [3.63, 3.8) is 0 Å². The van der Waals surface area contributed by atoms with E-state index in [2.05, 4.69) is 24.7 Å². The smallest absolute Gasteiger partial charge is 0.318 e. The molecule has 1 rings (SSSR count). The van der Waals surface area contributed by atoms with Crippen molar-refractivity contribution in [1.82, 2.24) is 0 Å². The topological polar surface area (TPSA) is 30.8 Å². The Labute approximate surface area is 87.7 Å². The molecular formula is C10H21NO2Si. The summed E-state index contributed by atoms with van der Waals surface area (Å²) in [5.74, 6) is 0.794. The molecule has 0 aromatic carbocycles. The van der Waals surface area contributed by atoms with Gasteiger partial charge in [0, 0.05) is 0 Å². The summed E-state index contributed by atoms with van der Waals surface area (Å²) in [5, 5.41) is 0. The van der Waals surface area contributed by atoms with Crippen LogP contribution in [0.1, 0.15) is 33.6 Å². The van der Waals surface area contributed by atoms with Crippen molar-refractivity contribution in [2.75, 3.05) is 6.61 Å². The van der Waals surface area contributed by atoms with Gasteiger partial charge in [-0.25, -0.2) is 0 Å². The van der Waals surface area contributed by atoms with E-state index >= 15 is 0 Å². The van der Waals surface area contributed by atoms with Gasteiger partial charge in [-0.2, -0.15) is 0 Å². The molecule has 0 aliphatic carbocycles. The Balaban J connectivity index is 2.57. The molecule has 1 aliphatic rings. The summed E-state index contributed by atoms with van der Waals surface area (Å²) in [4.78, 5) is 0. The SMILES string of the molecule is CCCCOC1=N[Si](C)(C)OC1(C)C. The van der Waals surface area contributed by atoms with E-state index in [0.717, 1.165) is 25.3 Å². The van der Waals surface area contributed by atoms with Gasteiger partial charge in [0.1, 0.15) is 5.60 Å². The molecule has 0 unspecified atom stereocenters. The standard InChI is InChI=1S/C10H21NO2Si/c1-6-7-8-12-9-10(2,3)13-14(4,5)11-9/h6-8H2,1-5H3. The lowest BCUT2D eigenvalue weighted by Crippen LogP contribution is -2.36. The summed E-state index contributed by atoms with van der Waals surface area (Å²) in [6.07, 6.45) is 2.23. The monoisotopic (exact) mass is 215 g/mol. The zero-order chi connectivity index (χ0) is 10.8. The molecule has 14 heavy (non-hydrogen) atoms. The van der Waals surface area contributed by atoms with Crippen LogP contribution in [-0.2, 0) is 9.16 Å². The molecule has 0 N–H and O–H groups in total. The Morgan fingerprint density at radius 2 is 2.07 bits per heavy atom. The lowest BCUT2D eigenvalue weighted by Gasteiger charge is -2.23. The maximum absolute atomic E-state index is 5.89. The van der Waals surface area contributed by atoms with Crippen LogP contribution in [0.2, 0.25) is 13.1 Å². The largest absolute Gasteiger partial charge is 0.479 e. The summed E-state index contributed by atoms with van der Waals surface area (Å²) in [7, 11) is -1.84. The molecule has 3 nitrogen and oxygen atoms in total. The number of unbranched alkanes of at least 4 members (excludes halogenated alkanes) is 1. The number of ether oxygens (including phenoxy) is 1. The molecule has 0 aromatic rings. The van der Waals surface area contributed by atoms with Crippen molar-refractivity contribution in [3.05, 3.63) is 0 Å². The van der Waals surface area contributed by atoms with Gasteiger partial charge in [-0.1, -0.05) is 13.3 Å². The predicted molar refractivity (Wildman–Crippen MR) is 60.9 cm³/mol. The zero-order valence-corrected chi connectivity index (χ0v) is 10.9. The number of nitrogens with zero attached hydrogens (tertiary/aromatic N) is 1. The lowest BCUT2D eigenvalue weighted by atomic mass is 10.1. The van der Waals surface area contributed by atoms with Gasteiger partial charge in [-0.05, 0) is 33.4 Å². The van der Waals surface area contributed by atoms with Crippen LogP contribution in [0.3, 0.4) is 0 Å². The molecule has 0 radical (unpaired) electrons. The minimum Gasteiger partial charge on any atom is -0.479 e. The molecule has 0 bridgehead atoms. The van der Waals surface area contributed by atoms with E-state index in [-0.39, 0.29) is 5.60 Å². The first-order valence-electron chi connectivity index (χ1n) is 5.31. The molecule has 1 aliphatic heterocycles. The first kappa shape index (κ1) is 11.7. The summed E-state index contributed by atoms with van der Waals surface area (Å²) in [6, 6.07) is 0. The van der Waals surface area contributed by atoms with Crippen LogP contribution >= 0.6 is 0 Å². The van der Waals surface area contributed by atoms with Crippen molar-refractivity contribution >= 4 is 14.4 Å². The number of hydrogen-bond donors (Lipinski definition) is 0. The van der Waals surface area contributed by atoms with Crippen molar-refractivity contribution in [3.8, 4) is 0 Å². The second kappa shape index (κ2) is 4.02.